The van der Waals surface area contributed by atoms with E-state index >= 15 is 0 Å². The first kappa shape index (κ1) is 28.5. The van der Waals surface area contributed by atoms with Gasteiger partial charge in [0.05, 0.1) is 0 Å². The van der Waals surface area contributed by atoms with E-state index in [2.05, 4.69) is 5.32 Å². The maximum atomic E-state index is 13.2. The summed E-state index contributed by atoms with van der Waals surface area (Å²) in [6.07, 6.45) is 3.30. The summed E-state index contributed by atoms with van der Waals surface area (Å²) in [6, 6.07) is 27.2. The third-order valence-electron chi connectivity index (χ3n) is 6.18. The number of hydrogen-bond acceptors (Lipinski definition) is 7. The van der Waals surface area contributed by atoms with Crippen LogP contribution in [0.1, 0.15) is 24.5 Å². The van der Waals surface area contributed by atoms with Crippen LogP contribution in [0.3, 0.4) is 0 Å². The zero-order valence-corrected chi connectivity index (χ0v) is 22.6. The van der Waals surface area contributed by atoms with E-state index in [-0.39, 0.29) is 5.75 Å². The van der Waals surface area contributed by atoms with Gasteiger partial charge in [0.15, 0.2) is 6.10 Å². The van der Waals surface area contributed by atoms with Crippen LogP contribution < -0.4 is 15.5 Å². The molecular formula is C31H30N2O6S. The van der Waals surface area contributed by atoms with Crippen LogP contribution in [-0.4, -0.2) is 34.7 Å². The summed E-state index contributed by atoms with van der Waals surface area (Å²) in [5.74, 6) is 0.0361. The summed E-state index contributed by atoms with van der Waals surface area (Å²) in [5, 5.41) is 23.4. The molecule has 0 aromatic heterocycles. The van der Waals surface area contributed by atoms with Crippen LogP contribution in [0.15, 0.2) is 108 Å². The number of ether oxygens (including phenoxy) is 2. The molecule has 4 aromatic rings. The summed E-state index contributed by atoms with van der Waals surface area (Å²) >= 11 is 1.60. The molecule has 0 fully saturated rings. The van der Waals surface area contributed by atoms with Crippen molar-refractivity contribution in [1.82, 2.24) is 5.48 Å². The number of aromatic hydroxyl groups is 1. The van der Waals surface area contributed by atoms with Crippen LogP contribution >= 0.6 is 11.8 Å². The minimum Gasteiger partial charge on any atom is -0.507 e. The van der Waals surface area contributed by atoms with Gasteiger partial charge in [-0.05, 0) is 66.9 Å². The van der Waals surface area contributed by atoms with E-state index in [4.69, 9.17) is 14.7 Å². The third kappa shape index (κ3) is 7.56. The van der Waals surface area contributed by atoms with Crippen molar-refractivity contribution < 1.29 is 29.4 Å². The van der Waals surface area contributed by atoms with E-state index in [0.29, 0.717) is 40.6 Å². The van der Waals surface area contributed by atoms with Gasteiger partial charge >= 0.3 is 6.09 Å². The summed E-state index contributed by atoms with van der Waals surface area (Å²) in [5.41, 5.74) is 2.80. The number of hydroxylamine groups is 1. The molecule has 0 saturated heterocycles. The Bertz CT molecular complexity index is 1460. The maximum Gasteiger partial charge on any atom is 0.412 e. The highest BCUT2D eigenvalue weighted by molar-refractivity contribution is 7.98. The van der Waals surface area contributed by atoms with E-state index in [9.17, 15) is 14.7 Å². The summed E-state index contributed by atoms with van der Waals surface area (Å²) < 4.78 is 12.4. The molecular weight excluding hydrogens is 528 g/mol. The number of phenols is 1. The Labute approximate surface area is 236 Å². The number of nitrogens with one attached hydrogen (secondary N) is 2. The van der Waals surface area contributed by atoms with Crippen LogP contribution in [0.4, 0.5) is 10.5 Å². The van der Waals surface area contributed by atoms with Crippen molar-refractivity contribution in [3.05, 3.63) is 109 Å². The van der Waals surface area contributed by atoms with E-state index in [0.717, 1.165) is 4.90 Å². The number of fused-ring (bicyclic) bond motifs is 1. The molecule has 2 amide bonds. The fourth-order valence-corrected chi connectivity index (χ4v) is 4.67. The van der Waals surface area contributed by atoms with E-state index in [1.54, 1.807) is 65.8 Å². The Morgan fingerprint density at radius 3 is 2.33 bits per heavy atom. The fraction of sp³-hybridized carbons (Fsp3) is 0.161. The highest BCUT2D eigenvalue weighted by Gasteiger charge is 2.31. The standard InChI is InChI=1S/C31H30N2O6S/c1-40-23-17-15-21(16-18-23)32-31(36)39-30(26-19-20-27(34)25-12-6-5-11-24(25)26)28(13-7-8-14-29(35)33-37)38-22-9-3-2-4-10-22/h2-6,8-12,14-20,28,30,34,37H,7,13H2,1H3,(H,32,36)(H,33,35)/b14-8+/t28-,30-/m0/s1. The number of allylic oxidation sites excluding steroid dienone is 1. The summed E-state index contributed by atoms with van der Waals surface area (Å²) in [6.45, 7) is 0. The highest BCUT2D eigenvalue weighted by Crippen LogP contribution is 2.36. The predicted octanol–water partition coefficient (Wildman–Crippen LogP) is 6.85. The van der Waals surface area contributed by atoms with E-state index < -0.39 is 24.2 Å². The molecule has 0 aliphatic heterocycles. The second kappa shape index (κ2) is 14.1. The van der Waals surface area contributed by atoms with Gasteiger partial charge in [-0.1, -0.05) is 54.6 Å². The first-order valence-electron chi connectivity index (χ1n) is 12.6. The van der Waals surface area contributed by atoms with Crippen molar-refractivity contribution in [2.24, 2.45) is 0 Å². The van der Waals surface area contributed by atoms with Gasteiger partial charge in [-0.2, -0.15) is 0 Å². The van der Waals surface area contributed by atoms with Crippen molar-refractivity contribution in [1.29, 1.82) is 0 Å². The molecule has 0 unspecified atom stereocenters. The zero-order chi connectivity index (χ0) is 28.3. The Morgan fingerprint density at radius 2 is 1.62 bits per heavy atom. The molecule has 40 heavy (non-hydrogen) atoms. The molecule has 206 valence electrons. The lowest BCUT2D eigenvalue weighted by molar-refractivity contribution is -0.124. The molecule has 0 aliphatic carbocycles. The molecule has 0 bridgehead atoms. The van der Waals surface area contributed by atoms with Crippen molar-refractivity contribution in [2.45, 2.75) is 29.9 Å². The van der Waals surface area contributed by atoms with Crippen molar-refractivity contribution >= 4 is 40.2 Å². The topological polar surface area (TPSA) is 117 Å². The van der Waals surface area contributed by atoms with Crippen LogP contribution in [0.2, 0.25) is 0 Å². The first-order valence-corrected chi connectivity index (χ1v) is 13.9. The molecule has 0 spiro atoms. The van der Waals surface area contributed by atoms with Crippen LogP contribution in [-0.2, 0) is 9.53 Å². The third-order valence-corrected chi connectivity index (χ3v) is 6.92. The number of thioether (sulfide) groups is 1. The number of amides is 2. The van der Waals surface area contributed by atoms with Gasteiger partial charge < -0.3 is 14.6 Å². The number of para-hydroxylation sites is 1. The van der Waals surface area contributed by atoms with Gasteiger partial charge in [0, 0.05) is 27.6 Å². The van der Waals surface area contributed by atoms with Gasteiger partial charge in [0.2, 0.25) is 0 Å². The number of carbonyl (C=O) groups excluding carboxylic acids is 2. The predicted molar refractivity (Wildman–Crippen MR) is 156 cm³/mol. The molecule has 4 aromatic carbocycles. The molecule has 0 radical (unpaired) electrons. The summed E-state index contributed by atoms with van der Waals surface area (Å²) in [4.78, 5) is 25.8. The monoisotopic (exact) mass is 558 g/mol. The summed E-state index contributed by atoms with van der Waals surface area (Å²) in [7, 11) is 0. The van der Waals surface area contributed by atoms with Gasteiger partial charge in [0.1, 0.15) is 17.6 Å². The lowest BCUT2D eigenvalue weighted by Gasteiger charge is -2.29. The first-order chi connectivity index (χ1) is 19.5. The Morgan fingerprint density at radius 1 is 0.925 bits per heavy atom. The number of carbonyl (C=O) groups is 2. The van der Waals surface area contributed by atoms with E-state index in [1.165, 1.54) is 6.08 Å². The second-order valence-electron chi connectivity index (χ2n) is 8.82. The normalized spacial score (nSPS) is 12.6. The molecule has 0 heterocycles. The van der Waals surface area contributed by atoms with E-state index in [1.807, 2.05) is 54.8 Å². The van der Waals surface area contributed by atoms with Crippen molar-refractivity contribution in [2.75, 3.05) is 11.6 Å². The smallest absolute Gasteiger partial charge is 0.412 e. The maximum absolute atomic E-state index is 13.2. The average molecular weight is 559 g/mol. The minimum atomic E-state index is -0.892. The van der Waals surface area contributed by atoms with Gasteiger partial charge in [0.25, 0.3) is 5.91 Å². The van der Waals surface area contributed by atoms with Gasteiger partial charge in [-0.25, -0.2) is 10.3 Å². The Balaban J connectivity index is 1.70. The number of phenolic OH excluding ortho intramolecular Hbond substituents is 1. The Kier molecular flexibility index (Phi) is 10.0. The molecule has 8 nitrogen and oxygen atoms in total. The lowest BCUT2D eigenvalue weighted by atomic mass is 9.94. The molecule has 0 aliphatic rings. The van der Waals surface area contributed by atoms with Gasteiger partial charge in [-0.15, -0.1) is 11.8 Å². The number of hydrogen-bond donors (Lipinski definition) is 4. The van der Waals surface area contributed by atoms with Crippen LogP contribution in [0, 0.1) is 0 Å². The largest absolute Gasteiger partial charge is 0.507 e. The lowest BCUT2D eigenvalue weighted by Crippen LogP contribution is -2.31. The van der Waals surface area contributed by atoms with Crippen molar-refractivity contribution in [3.8, 4) is 11.5 Å². The average Bonchev–Trinajstić information content (AvgIpc) is 2.99. The second-order valence-corrected chi connectivity index (χ2v) is 9.70. The zero-order valence-electron chi connectivity index (χ0n) is 21.8. The Hall–Kier alpha value is -4.47. The van der Waals surface area contributed by atoms with Crippen molar-refractivity contribution in [3.63, 3.8) is 0 Å². The number of anilines is 1. The van der Waals surface area contributed by atoms with Crippen LogP contribution in [0.25, 0.3) is 10.8 Å². The molecule has 4 rings (SSSR count). The molecule has 0 saturated carbocycles. The minimum absolute atomic E-state index is 0.106. The molecule has 2 atom stereocenters. The molecule has 4 N–H and O–H groups in total. The molecule has 9 heteroatoms. The fourth-order valence-electron chi connectivity index (χ4n) is 4.27. The van der Waals surface area contributed by atoms with Gasteiger partial charge in [-0.3, -0.25) is 15.3 Å². The number of rotatable bonds is 11. The van der Waals surface area contributed by atoms with Crippen LogP contribution in [0.5, 0.6) is 11.5 Å². The highest BCUT2D eigenvalue weighted by atomic mass is 32.2. The number of benzene rings is 4. The quantitative estimate of drug-likeness (QED) is 0.0689. The SMILES string of the molecule is CSc1ccc(NC(=O)O[C@@H](c2ccc(O)c3ccccc23)[C@H](CC/C=C/C(=O)NO)Oc2ccccc2)cc1.